The quantitative estimate of drug-likeness (QED) is 0.886. The van der Waals surface area contributed by atoms with E-state index in [0.717, 1.165) is 5.56 Å². The van der Waals surface area contributed by atoms with E-state index < -0.39 is 10.0 Å². The topological polar surface area (TPSA) is 64.6 Å². The third-order valence-electron chi connectivity index (χ3n) is 3.60. The second-order valence-electron chi connectivity index (χ2n) is 4.97. The number of anilines is 1. The van der Waals surface area contributed by atoms with E-state index in [-0.39, 0.29) is 10.6 Å². The van der Waals surface area contributed by atoms with Crippen molar-refractivity contribution in [3.05, 3.63) is 46.5 Å². The minimum atomic E-state index is -3.79. The number of hydrogen-bond donors (Lipinski definition) is 1. The number of benzene rings is 2. The van der Waals surface area contributed by atoms with Crippen LogP contribution in [-0.2, 0) is 10.0 Å². The monoisotopic (exact) mass is 355 g/mol. The molecule has 0 saturated carbocycles. The maximum Gasteiger partial charge on any atom is 0.262 e. The van der Waals surface area contributed by atoms with Crippen LogP contribution in [0.5, 0.6) is 11.5 Å². The highest BCUT2D eigenvalue weighted by Gasteiger charge is 2.21. The Morgan fingerprint density at radius 3 is 2.17 bits per heavy atom. The molecule has 2 aromatic rings. The second kappa shape index (κ2) is 6.68. The number of halogens is 1. The largest absolute Gasteiger partial charge is 0.496 e. The third-order valence-corrected chi connectivity index (χ3v) is 5.35. The van der Waals surface area contributed by atoms with Gasteiger partial charge in [-0.2, -0.15) is 0 Å². The molecule has 5 nitrogen and oxygen atoms in total. The lowest BCUT2D eigenvalue weighted by Gasteiger charge is -2.16. The van der Waals surface area contributed by atoms with Gasteiger partial charge in [0.2, 0.25) is 0 Å². The van der Waals surface area contributed by atoms with E-state index in [0.29, 0.717) is 22.1 Å². The van der Waals surface area contributed by atoms with Crippen molar-refractivity contribution in [2.24, 2.45) is 0 Å². The summed E-state index contributed by atoms with van der Waals surface area (Å²) >= 11 is 5.94. The highest BCUT2D eigenvalue weighted by molar-refractivity contribution is 7.92. The fourth-order valence-electron chi connectivity index (χ4n) is 2.24. The lowest BCUT2D eigenvalue weighted by atomic mass is 10.1. The molecule has 0 unspecified atom stereocenters. The zero-order valence-corrected chi connectivity index (χ0v) is 14.9. The van der Waals surface area contributed by atoms with Crippen LogP contribution in [0.25, 0.3) is 0 Å². The average molecular weight is 356 g/mol. The average Bonchev–Trinajstić information content (AvgIpc) is 2.49. The van der Waals surface area contributed by atoms with E-state index in [1.54, 1.807) is 32.2 Å². The molecule has 0 aromatic heterocycles. The highest BCUT2D eigenvalue weighted by atomic mass is 35.5. The van der Waals surface area contributed by atoms with Crippen molar-refractivity contribution < 1.29 is 17.9 Å². The number of sulfonamides is 1. The van der Waals surface area contributed by atoms with Crippen LogP contribution in [0.3, 0.4) is 0 Å². The van der Waals surface area contributed by atoms with Gasteiger partial charge in [0.1, 0.15) is 11.5 Å². The summed E-state index contributed by atoms with van der Waals surface area (Å²) in [6.07, 6.45) is 0. The summed E-state index contributed by atoms with van der Waals surface area (Å²) in [5.74, 6) is 1.03. The molecule has 0 radical (unpaired) electrons. The molecule has 0 saturated heterocycles. The van der Waals surface area contributed by atoms with E-state index >= 15 is 0 Å². The Morgan fingerprint density at radius 2 is 1.57 bits per heavy atom. The van der Waals surface area contributed by atoms with Crippen molar-refractivity contribution in [3.63, 3.8) is 0 Å². The molecular weight excluding hydrogens is 338 g/mol. The molecule has 0 heterocycles. The Bertz CT molecular complexity index is 834. The van der Waals surface area contributed by atoms with Crippen LogP contribution in [0.4, 0.5) is 5.69 Å². The van der Waals surface area contributed by atoms with E-state index in [9.17, 15) is 8.42 Å². The first-order valence-corrected chi connectivity index (χ1v) is 8.67. The van der Waals surface area contributed by atoms with Crippen LogP contribution < -0.4 is 14.2 Å². The zero-order valence-electron chi connectivity index (χ0n) is 13.3. The smallest absolute Gasteiger partial charge is 0.262 e. The molecule has 0 fully saturated rings. The van der Waals surface area contributed by atoms with Crippen LogP contribution in [0, 0.1) is 13.8 Å². The fourth-order valence-corrected chi connectivity index (χ4v) is 3.78. The maximum atomic E-state index is 12.7. The fraction of sp³-hybridized carbons (Fsp3) is 0.250. The first-order chi connectivity index (χ1) is 10.8. The van der Waals surface area contributed by atoms with Crippen molar-refractivity contribution in [3.8, 4) is 11.5 Å². The van der Waals surface area contributed by atoms with Crippen LogP contribution in [0.15, 0.2) is 35.2 Å². The van der Waals surface area contributed by atoms with Crippen molar-refractivity contribution in [2.45, 2.75) is 18.7 Å². The van der Waals surface area contributed by atoms with Crippen molar-refractivity contribution in [1.82, 2.24) is 0 Å². The predicted octanol–water partition coefficient (Wildman–Crippen LogP) is 3.77. The van der Waals surface area contributed by atoms with E-state index in [4.69, 9.17) is 21.1 Å². The van der Waals surface area contributed by atoms with E-state index in [1.807, 2.05) is 6.92 Å². The van der Waals surface area contributed by atoms with Gasteiger partial charge in [0.25, 0.3) is 10.0 Å². The first-order valence-electron chi connectivity index (χ1n) is 6.80. The molecule has 7 heteroatoms. The number of rotatable bonds is 5. The third kappa shape index (κ3) is 3.54. The van der Waals surface area contributed by atoms with Gasteiger partial charge in [-0.1, -0.05) is 11.6 Å². The maximum absolute atomic E-state index is 12.7. The Balaban J connectivity index is 2.48. The number of nitrogens with one attached hydrogen (secondary N) is 1. The standard InChI is InChI=1S/C16H18ClNO4S/c1-10-11(2)16(8-7-14(10)21-3)23(19,20)18-13-9-12(17)5-6-15(13)22-4/h5-9,18H,1-4H3. The van der Waals surface area contributed by atoms with Crippen LogP contribution in [0.2, 0.25) is 5.02 Å². The Kier molecular flexibility index (Phi) is 5.06. The number of hydrogen-bond acceptors (Lipinski definition) is 4. The molecule has 124 valence electrons. The normalized spacial score (nSPS) is 11.2. The molecule has 0 aliphatic rings. The Hall–Kier alpha value is -1.92. The highest BCUT2D eigenvalue weighted by Crippen LogP contribution is 2.32. The van der Waals surface area contributed by atoms with Crippen molar-refractivity contribution in [2.75, 3.05) is 18.9 Å². The van der Waals surface area contributed by atoms with Crippen molar-refractivity contribution >= 4 is 27.3 Å². The van der Waals surface area contributed by atoms with Crippen molar-refractivity contribution in [1.29, 1.82) is 0 Å². The van der Waals surface area contributed by atoms with Gasteiger partial charge < -0.3 is 9.47 Å². The molecule has 0 atom stereocenters. The van der Waals surface area contributed by atoms with Gasteiger partial charge in [0.15, 0.2) is 0 Å². The molecule has 2 aromatic carbocycles. The van der Waals surface area contributed by atoms with Crippen LogP contribution in [-0.4, -0.2) is 22.6 Å². The molecule has 2 rings (SSSR count). The van der Waals surface area contributed by atoms with Crippen LogP contribution in [0.1, 0.15) is 11.1 Å². The van der Waals surface area contributed by atoms with Crippen LogP contribution >= 0.6 is 11.6 Å². The molecule has 0 aliphatic carbocycles. The first kappa shape index (κ1) is 17.4. The number of ether oxygens (including phenoxy) is 2. The molecule has 0 aliphatic heterocycles. The lowest BCUT2D eigenvalue weighted by Crippen LogP contribution is -2.15. The van der Waals surface area contributed by atoms with Gasteiger partial charge in [0, 0.05) is 5.02 Å². The van der Waals surface area contributed by atoms with Gasteiger partial charge >= 0.3 is 0 Å². The molecular formula is C16H18ClNO4S. The van der Waals surface area contributed by atoms with Gasteiger partial charge in [-0.15, -0.1) is 0 Å². The minimum Gasteiger partial charge on any atom is -0.496 e. The predicted molar refractivity (Wildman–Crippen MR) is 91.3 cm³/mol. The molecule has 0 bridgehead atoms. The summed E-state index contributed by atoms with van der Waals surface area (Å²) in [4.78, 5) is 0.179. The molecule has 0 amide bonds. The van der Waals surface area contributed by atoms with E-state index in [1.165, 1.54) is 19.2 Å². The summed E-state index contributed by atoms with van der Waals surface area (Å²) < 4.78 is 38.3. The molecule has 0 spiro atoms. The Labute approximate surface area is 141 Å². The minimum absolute atomic E-state index is 0.179. The summed E-state index contributed by atoms with van der Waals surface area (Å²) in [6, 6.07) is 7.88. The van der Waals surface area contributed by atoms with Gasteiger partial charge in [-0.25, -0.2) is 8.42 Å². The summed E-state index contributed by atoms with van der Waals surface area (Å²) in [7, 11) is -0.776. The molecule has 23 heavy (non-hydrogen) atoms. The summed E-state index contributed by atoms with van der Waals surface area (Å²) in [6.45, 7) is 3.55. The van der Waals surface area contributed by atoms with E-state index in [2.05, 4.69) is 4.72 Å². The van der Waals surface area contributed by atoms with Gasteiger partial charge in [0.05, 0.1) is 24.8 Å². The van der Waals surface area contributed by atoms with Gasteiger partial charge in [-0.05, 0) is 55.3 Å². The van der Waals surface area contributed by atoms with Gasteiger partial charge in [-0.3, -0.25) is 4.72 Å². The number of methoxy groups -OCH3 is 2. The zero-order chi connectivity index (χ0) is 17.2. The SMILES string of the molecule is COc1ccc(Cl)cc1NS(=O)(=O)c1ccc(OC)c(C)c1C. The second-order valence-corrected chi connectivity index (χ2v) is 7.05. The summed E-state index contributed by atoms with van der Waals surface area (Å²) in [5, 5.41) is 0.408. The Morgan fingerprint density at radius 1 is 0.957 bits per heavy atom. The molecule has 1 N–H and O–H groups in total. The lowest BCUT2D eigenvalue weighted by molar-refractivity contribution is 0.410. The summed E-state index contributed by atoms with van der Waals surface area (Å²) in [5.41, 5.74) is 1.68.